The molecule has 250 valence electrons. The van der Waals surface area contributed by atoms with Crippen molar-refractivity contribution in [3.63, 3.8) is 0 Å². The number of carbonyl (C=O) groups is 2. The Morgan fingerprint density at radius 3 is 1.29 bits per heavy atom. The molecule has 0 saturated heterocycles. The van der Waals surface area contributed by atoms with E-state index in [2.05, 4.69) is 114 Å². The molecule has 0 bridgehead atoms. The Labute approximate surface area is 264 Å². The zero-order chi connectivity index (χ0) is 33.4. The second-order valence-corrected chi connectivity index (χ2v) is 34.5. The summed E-state index contributed by atoms with van der Waals surface area (Å²) in [5.41, 5.74) is 1.59. The van der Waals surface area contributed by atoms with Crippen molar-refractivity contribution in [2.75, 3.05) is 20.8 Å². The van der Waals surface area contributed by atoms with Crippen LogP contribution in [0.5, 0.6) is 0 Å². The van der Waals surface area contributed by atoms with Gasteiger partial charge < -0.3 is 22.3 Å². The van der Waals surface area contributed by atoms with Crippen LogP contribution < -0.4 is 0 Å². The first-order chi connectivity index (χ1) is 19.0. The predicted octanol–water partition coefficient (Wildman–Crippen LogP) is 9.07. The number of carbonyl (C=O) groups excluding carboxylic acids is 2. The molecule has 0 amide bonds. The van der Waals surface area contributed by atoms with Gasteiger partial charge >= 0.3 is 14.5 Å². The van der Waals surface area contributed by atoms with E-state index >= 15 is 0 Å². The maximum atomic E-state index is 14.5. The van der Waals surface area contributed by atoms with Gasteiger partial charge in [0.05, 0.1) is 6.42 Å². The van der Waals surface area contributed by atoms with Crippen molar-refractivity contribution in [2.45, 2.75) is 167 Å². The van der Waals surface area contributed by atoms with Gasteiger partial charge in [0.15, 0.2) is 0 Å². The number of hydrogen-bond donors (Lipinski definition) is 0. The van der Waals surface area contributed by atoms with Crippen molar-refractivity contribution in [1.29, 1.82) is 0 Å². The van der Waals surface area contributed by atoms with Gasteiger partial charge in [0, 0.05) is 14.2 Å². The van der Waals surface area contributed by atoms with E-state index in [-0.39, 0.29) is 51.6 Å². The number of hydrogen-bond acceptors (Lipinski definition) is 7. The molecule has 1 atom stereocenters. The highest BCUT2D eigenvalue weighted by atomic mass is 28.4. The molecule has 42 heavy (non-hydrogen) atoms. The first-order valence-electron chi connectivity index (χ1n) is 16.3. The predicted molar refractivity (Wildman–Crippen MR) is 188 cm³/mol. The smallest absolute Gasteiger partial charge is 0.334 e. The molecule has 1 unspecified atom stereocenters. The fourth-order valence-corrected chi connectivity index (χ4v) is 21.2. The third kappa shape index (κ3) is 10.1. The van der Waals surface area contributed by atoms with E-state index in [1.807, 2.05) is 0 Å². The number of rotatable bonds is 19. The van der Waals surface area contributed by atoms with Gasteiger partial charge in [0.2, 0.25) is 0 Å². The van der Waals surface area contributed by atoms with E-state index in [0.29, 0.717) is 6.54 Å². The first kappa shape index (κ1) is 41.7. The summed E-state index contributed by atoms with van der Waals surface area (Å²) in [6.07, 6.45) is 0.837. The van der Waals surface area contributed by atoms with Crippen molar-refractivity contribution in [3.05, 3.63) is 0 Å². The molecule has 0 aliphatic heterocycles. The zero-order valence-corrected chi connectivity index (χ0v) is 34.8. The summed E-state index contributed by atoms with van der Waals surface area (Å²) < 4.78 is 27.2. The van der Waals surface area contributed by atoms with Crippen molar-refractivity contribution in [1.82, 2.24) is 4.57 Å². The Balaban J connectivity index is 6.79. The summed E-state index contributed by atoms with van der Waals surface area (Å²) in [6, 6.07) is 0.128. The molecule has 11 heteroatoms. The molecule has 0 rings (SSSR count). The Bertz CT molecular complexity index is 794. The van der Waals surface area contributed by atoms with Crippen molar-refractivity contribution < 1.29 is 27.3 Å². The molecule has 0 aromatic heterocycles. The van der Waals surface area contributed by atoms with E-state index in [4.69, 9.17) is 17.7 Å². The fraction of sp³-hybridized carbons (Fsp3) is 0.935. The van der Waals surface area contributed by atoms with Crippen molar-refractivity contribution in [2.24, 2.45) is 0 Å². The van der Waals surface area contributed by atoms with Crippen LogP contribution in [0.15, 0.2) is 0 Å². The second-order valence-electron chi connectivity index (χ2n) is 15.3. The summed E-state index contributed by atoms with van der Waals surface area (Å²) in [5, 5.41) is 0. The molecule has 0 N–H and O–H groups in total. The van der Waals surface area contributed by atoms with Crippen LogP contribution in [-0.4, -0.2) is 76.7 Å². The minimum atomic E-state index is -2.52. The number of nitrogens with zero attached hydrogens (tertiary/aromatic N) is 1. The Morgan fingerprint density at radius 1 is 0.619 bits per heavy atom. The SMILES string of the molecule is CO[Si](C)(CCCN(C(CC(=O)O[Si](C(C)C)(C(C)C)C(C)C)C(=O)O[Si](C(C)C)(C(C)C)C(C)C)[Si](C)(C)C)OC. The van der Waals surface area contributed by atoms with E-state index in [1.54, 1.807) is 14.2 Å². The maximum absolute atomic E-state index is 14.5. The van der Waals surface area contributed by atoms with Crippen LogP contribution >= 0.6 is 0 Å². The van der Waals surface area contributed by atoms with E-state index < -0.39 is 39.5 Å². The van der Waals surface area contributed by atoms with Crippen LogP contribution in [0.3, 0.4) is 0 Å². The lowest BCUT2D eigenvalue weighted by Gasteiger charge is -2.45. The van der Waals surface area contributed by atoms with Gasteiger partial charge in [-0.15, -0.1) is 0 Å². The monoisotopic (exact) mass is 663 g/mol. The molecule has 0 aliphatic carbocycles. The fourth-order valence-electron chi connectivity index (χ4n) is 7.48. The summed E-state index contributed by atoms with van der Waals surface area (Å²) in [6.45, 7) is 35.7. The highest BCUT2D eigenvalue weighted by Crippen LogP contribution is 2.44. The minimum Gasteiger partial charge on any atom is -0.518 e. The average Bonchev–Trinajstić information content (AvgIpc) is 2.84. The summed E-state index contributed by atoms with van der Waals surface area (Å²) in [7, 11) is -5.92. The quantitative estimate of drug-likeness (QED) is 0.128. The molecule has 0 radical (unpaired) electrons. The standard InChI is InChI=1S/C31H69NO6Si4/c1-23(2)41(24(3)4,25(5)6)37-30(33)22-29(31(34)38-42(26(7)8,27(9)10)28(11)12)32(39(15,16)17)20-19-21-40(18,35-13)36-14/h23-29H,19-22H2,1-18H3. The topological polar surface area (TPSA) is 74.3 Å². The molecule has 0 saturated carbocycles. The molecule has 0 fully saturated rings. The van der Waals surface area contributed by atoms with E-state index in [0.717, 1.165) is 12.5 Å². The molecule has 0 aromatic carbocycles. The third-order valence-corrected chi connectivity index (χ3v) is 27.0. The lowest BCUT2D eigenvalue weighted by molar-refractivity contribution is -0.146. The van der Waals surface area contributed by atoms with Crippen LogP contribution in [0.1, 0.15) is 95.9 Å². The lowest BCUT2D eigenvalue weighted by atomic mass is 10.2. The first-order valence-corrected chi connectivity index (χ1v) is 26.6. The van der Waals surface area contributed by atoms with Gasteiger partial charge in [0.1, 0.15) is 14.3 Å². The molecular weight excluding hydrogens is 595 g/mol. The third-order valence-electron chi connectivity index (χ3n) is 9.75. The Hall–Kier alpha value is -0.312. The maximum Gasteiger partial charge on any atom is 0.334 e. The normalized spacial score (nSPS) is 14.7. The van der Waals surface area contributed by atoms with Crippen LogP contribution in [0.25, 0.3) is 0 Å². The molecule has 0 aliphatic rings. The summed E-state index contributed by atoms with van der Waals surface area (Å²) in [4.78, 5) is 28.5. The van der Waals surface area contributed by atoms with Gasteiger partial charge in [0.25, 0.3) is 22.6 Å². The molecule has 0 spiro atoms. The van der Waals surface area contributed by atoms with E-state index in [1.165, 1.54) is 0 Å². The molecule has 0 heterocycles. The van der Waals surface area contributed by atoms with Gasteiger partial charge in [-0.05, 0) is 58.8 Å². The lowest BCUT2D eigenvalue weighted by Crippen LogP contribution is -2.60. The van der Waals surface area contributed by atoms with Crippen molar-refractivity contribution in [3.8, 4) is 0 Å². The molecular formula is C31H69NO6Si4. The van der Waals surface area contributed by atoms with Crippen molar-refractivity contribution >= 4 is 45.4 Å². The van der Waals surface area contributed by atoms with Crippen LogP contribution in [0.4, 0.5) is 0 Å². The largest absolute Gasteiger partial charge is 0.518 e. The highest BCUT2D eigenvalue weighted by molar-refractivity contribution is 6.79. The average molecular weight is 664 g/mol. The minimum absolute atomic E-state index is 0.0199. The van der Waals surface area contributed by atoms with Gasteiger partial charge in [-0.2, -0.15) is 0 Å². The van der Waals surface area contributed by atoms with Crippen LogP contribution in [-0.2, 0) is 27.3 Å². The summed E-state index contributed by atoms with van der Waals surface area (Å²) in [5.74, 6) is -0.511. The van der Waals surface area contributed by atoms with Gasteiger partial charge in [-0.1, -0.05) is 103 Å². The van der Waals surface area contributed by atoms with Crippen LogP contribution in [0.2, 0.25) is 65.5 Å². The zero-order valence-electron chi connectivity index (χ0n) is 30.8. The van der Waals surface area contributed by atoms with Crippen LogP contribution in [0, 0.1) is 0 Å². The molecule has 0 aromatic rings. The highest BCUT2D eigenvalue weighted by Gasteiger charge is 2.52. The Kier molecular flexibility index (Phi) is 16.7. The molecule has 7 nitrogen and oxygen atoms in total. The van der Waals surface area contributed by atoms with Gasteiger partial charge in [-0.3, -0.25) is 9.59 Å². The van der Waals surface area contributed by atoms with Gasteiger partial charge in [-0.25, -0.2) is 0 Å². The van der Waals surface area contributed by atoms with E-state index in [9.17, 15) is 9.59 Å². The second kappa shape index (κ2) is 16.8. The summed E-state index contributed by atoms with van der Waals surface area (Å²) >= 11 is 0. The Morgan fingerprint density at radius 2 is 0.976 bits per heavy atom.